The molecule has 0 atom stereocenters. The molecule has 9 aromatic carbocycles. The molecule has 0 saturated heterocycles. The Morgan fingerprint density at radius 1 is 0.220 bits per heavy atom. The summed E-state index contributed by atoms with van der Waals surface area (Å²) in [6.45, 7) is 0. The molecule has 0 spiro atoms. The SMILES string of the molecule is c1ccc(-c2ccc(-c3cccc(N(c4ccc(-c5nc6ccccc6nc5-c5ccccc5)cc4)c4cccc(-c5ccc(-c6ccccc6)cc5)c4)c3)cc2)cc1. The van der Waals surface area contributed by atoms with Crippen LogP contribution >= 0.6 is 0 Å². The van der Waals surface area contributed by atoms with Gasteiger partial charge in [0.15, 0.2) is 0 Å². The van der Waals surface area contributed by atoms with Crippen LogP contribution in [0.4, 0.5) is 17.1 Å². The Balaban J connectivity index is 1.06. The second-order valence-electron chi connectivity index (χ2n) is 14.6. The minimum absolute atomic E-state index is 0.856. The van der Waals surface area contributed by atoms with Crippen LogP contribution in [0.25, 0.3) is 78.1 Å². The summed E-state index contributed by atoms with van der Waals surface area (Å²) in [5, 5.41) is 0. The first kappa shape index (κ1) is 35.5. The topological polar surface area (TPSA) is 29.0 Å². The van der Waals surface area contributed by atoms with Crippen molar-refractivity contribution < 1.29 is 0 Å². The first-order valence-electron chi connectivity index (χ1n) is 20.0. The molecule has 0 bridgehead atoms. The number of nitrogens with zero attached hydrogens (tertiary/aromatic N) is 3. The summed E-state index contributed by atoms with van der Waals surface area (Å²) in [6.07, 6.45) is 0. The molecule has 10 rings (SSSR count). The van der Waals surface area contributed by atoms with Gasteiger partial charge in [-0.25, -0.2) is 9.97 Å². The first-order valence-corrected chi connectivity index (χ1v) is 20.0. The van der Waals surface area contributed by atoms with Crippen molar-refractivity contribution in [2.45, 2.75) is 0 Å². The van der Waals surface area contributed by atoms with Crippen LogP contribution in [-0.2, 0) is 0 Å². The molecule has 10 aromatic rings. The third-order valence-corrected chi connectivity index (χ3v) is 10.9. The Morgan fingerprint density at radius 2 is 0.525 bits per heavy atom. The number of anilines is 3. The van der Waals surface area contributed by atoms with Gasteiger partial charge in [0, 0.05) is 28.2 Å². The van der Waals surface area contributed by atoms with E-state index in [1.54, 1.807) is 0 Å². The van der Waals surface area contributed by atoms with Gasteiger partial charge in [-0.15, -0.1) is 0 Å². The monoisotopic (exact) mass is 753 g/mol. The van der Waals surface area contributed by atoms with E-state index in [4.69, 9.17) is 9.97 Å². The molecule has 0 amide bonds. The lowest BCUT2D eigenvalue weighted by Gasteiger charge is -2.27. The fraction of sp³-hybridized carbons (Fsp3) is 0. The summed E-state index contributed by atoms with van der Waals surface area (Å²) in [6, 6.07) is 83.6. The van der Waals surface area contributed by atoms with Gasteiger partial charge in [-0.2, -0.15) is 0 Å². The van der Waals surface area contributed by atoms with Crippen molar-refractivity contribution in [3.8, 4) is 67.0 Å². The van der Waals surface area contributed by atoms with Crippen molar-refractivity contribution in [3.63, 3.8) is 0 Å². The van der Waals surface area contributed by atoms with E-state index in [-0.39, 0.29) is 0 Å². The maximum Gasteiger partial charge on any atom is 0.0973 e. The van der Waals surface area contributed by atoms with Crippen LogP contribution in [0.3, 0.4) is 0 Å². The maximum atomic E-state index is 5.18. The molecule has 0 radical (unpaired) electrons. The van der Waals surface area contributed by atoms with Gasteiger partial charge >= 0.3 is 0 Å². The van der Waals surface area contributed by atoms with Crippen molar-refractivity contribution in [2.75, 3.05) is 4.90 Å². The zero-order chi connectivity index (χ0) is 39.4. The highest BCUT2D eigenvalue weighted by molar-refractivity contribution is 5.88. The van der Waals surface area contributed by atoms with Crippen LogP contribution in [0.5, 0.6) is 0 Å². The predicted octanol–water partition coefficient (Wildman–Crippen LogP) is 15.1. The molecule has 0 aliphatic heterocycles. The van der Waals surface area contributed by atoms with Crippen molar-refractivity contribution in [1.29, 1.82) is 0 Å². The quantitative estimate of drug-likeness (QED) is 0.147. The Labute approximate surface area is 345 Å². The van der Waals surface area contributed by atoms with Gasteiger partial charge in [-0.1, -0.05) is 188 Å². The number of aromatic nitrogens is 2. The number of benzene rings is 9. The lowest BCUT2D eigenvalue weighted by atomic mass is 9.99. The molecule has 59 heavy (non-hydrogen) atoms. The third-order valence-electron chi connectivity index (χ3n) is 10.9. The minimum atomic E-state index is 0.856. The van der Waals surface area contributed by atoms with Crippen LogP contribution in [0.15, 0.2) is 237 Å². The predicted molar refractivity (Wildman–Crippen MR) is 247 cm³/mol. The van der Waals surface area contributed by atoms with E-state index < -0.39 is 0 Å². The molecule has 1 heterocycles. The number of fused-ring (bicyclic) bond motifs is 1. The average molecular weight is 754 g/mol. The highest BCUT2D eigenvalue weighted by Gasteiger charge is 2.18. The Bertz CT molecular complexity index is 2870. The molecular weight excluding hydrogens is 715 g/mol. The van der Waals surface area contributed by atoms with E-state index in [0.717, 1.165) is 72.9 Å². The summed E-state index contributed by atoms with van der Waals surface area (Å²) in [5.41, 5.74) is 18.1. The number of hydrogen-bond donors (Lipinski definition) is 0. The molecule has 0 aliphatic rings. The van der Waals surface area contributed by atoms with E-state index in [9.17, 15) is 0 Å². The molecule has 0 unspecified atom stereocenters. The van der Waals surface area contributed by atoms with Gasteiger partial charge in [0.05, 0.1) is 22.4 Å². The van der Waals surface area contributed by atoms with Crippen molar-refractivity contribution in [1.82, 2.24) is 9.97 Å². The maximum absolute atomic E-state index is 5.18. The molecule has 0 fully saturated rings. The Hall–Kier alpha value is -7.88. The Morgan fingerprint density at radius 3 is 0.949 bits per heavy atom. The van der Waals surface area contributed by atoms with Gasteiger partial charge < -0.3 is 4.90 Å². The van der Waals surface area contributed by atoms with E-state index in [1.165, 1.54) is 22.3 Å². The van der Waals surface area contributed by atoms with Gasteiger partial charge in [-0.05, 0) is 93.0 Å². The van der Waals surface area contributed by atoms with Gasteiger partial charge in [0.25, 0.3) is 0 Å². The summed E-state index contributed by atoms with van der Waals surface area (Å²) in [5.74, 6) is 0. The van der Waals surface area contributed by atoms with Gasteiger partial charge in [0.2, 0.25) is 0 Å². The second-order valence-corrected chi connectivity index (χ2v) is 14.6. The molecule has 3 heteroatoms. The van der Waals surface area contributed by atoms with Gasteiger partial charge in [0.1, 0.15) is 0 Å². The van der Waals surface area contributed by atoms with Crippen molar-refractivity contribution in [2.24, 2.45) is 0 Å². The van der Waals surface area contributed by atoms with E-state index in [0.29, 0.717) is 0 Å². The molecule has 0 N–H and O–H groups in total. The number of para-hydroxylation sites is 2. The largest absolute Gasteiger partial charge is 0.310 e. The summed E-state index contributed by atoms with van der Waals surface area (Å²) < 4.78 is 0. The number of rotatable bonds is 9. The van der Waals surface area contributed by atoms with Crippen LogP contribution in [0.2, 0.25) is 0 Å². The Kier molecular flexibility index (Phi) is 9.59. The molecule has 278 valence electrons. The van der Waals surface area contributed by atoms with Crippen LogP contribution in [0, 0.1) is 0 Å². The summed E-state index contributed by atoms with van der Waals surface area (Å²) in [7, 11) is 0. The van der Waals surface area contributed by atoms with Crippen LogP contribution in [-0.4, -0.2) is 9.97 Å². The second kappa shape index (κ2) is 15.9. The van der Waals surface area contributed by atoms with Crippen molar-refractivity contribution in [3.05, 3.63) is 237 Å². The molecule has 3 nitrogen and oxygen atoms in total. The first-order chi connectivity index (χ1) is 29.2. The van der Waals surface area contributed by atoms with Crippen molar-refractivity contribution >= 4 is 28.1 Å². The summed E-state index contributed by atoms with van der Waals surface area (Å²) >= 11 is 0. The highest BCUT2D eigenvalue weighted by Crippen LogP contribution is 2.40. The molecule has 1 aromatic heterocycles. The number of hydrogen-bond acceptors (Lipinski definition) is 3. The smallest absolute Gasteiger partial charge is 0.0973 e. The lowest BCUT2D eigenvalue weighted by molar-refractivity contribution is 1.27. The molecule has 0 saturated carbocycles. The van der Waals surface area contributed by atoms with Gasteiger partial charge in [-0.3, -0.25) is 0 Å². The fourth-order valence-electron chi connectivity index (χ4n) is 7.83. The average Bonchev–Trinajstić information content (AvgIpc) is 3.33. The normalized spacial score (nSPS) is 11.1. The minimum Gasteiger partial charge on any atom is -0.310 e. The fourth-order valence-corrected chi connectivity index (χ4v) is 7.83. The highest BCUT2D eigenvalue weighted by atomic mass is 15.1. The lowest BCUT2D eigenvalue weighted by Crippen LogP contribution is -2.10. The summed E-state index contributed by atoms with van der Waals surface area (Å²) in [4.78, 5) is 12.6. The molecule has 0 aliphatic carbocycles. The standard InChI is InChI=1S/C56H39N3/c1-4-14-40(15-5-1)42-26-30-44(31-27-42)48-20-12-22-51(38-48)59(52-23-13-21-49(39-52)45-32-28-43(29-33-45)41-16-6-2-7-17-41)50-36-34-47(35-37-50)56-55(46-18-8-3-9-19-46)57-53-24-10-11-25-54(53)58-56/h1-39H. The van der Waals surface area contributed by atoms with E-state index in [2.05, 4.69) is 211 Å². The molecular formula is C56H39N3. The van der Waals surface area contributed by atoms with E-state index in [1.807, 2.05) is 30.3 Å². The van der Waals surface area contributed by atoms with Crippen LogP contribution in [0.1, 0.15) is 0 Å². The third kappa shape index (κ3) is 7.41. The zero-order valence-corrected chi connectivity index (χ0v) is 32.4. The van der Waals surface area contributed by atoms with E-state index >= 15 is 0 Å². The van der Waals surface area contributed by atoms with Crippen LogP contribution < -0.4 is 4.90 Å². The zero-order valence-electron chi connectivity index (χ0n) is 32.4.